The quantitative estimate of drug-likeness (QED) is 0.354. The molecule has 0 fully saturated rings. The molecule has 4 aromatic rings. The van der Waals surface area contributed by atoms with Crippen molar-refractivity contribution in [1.29, 1.82) is 0 Å². The second-order valence-corrected chi connectivity index (χ2v) is 7.22. The van der Waals surface area contributed by atoms with Crippen molar-refractivity contribution in [3.8, 4) is 17.1 Å². The zero-order valence-corrected chi connectivity index (χ0v) is 16.5. The summed E-state index contributed by atoms with van der Waals surface area (Å²) in [6, 6.07) is 16.0. The van der Waals surface area contributed by atoms with Gasteiger partial charge in [0.2, 0.25) is 0 Å². The fraction of sp³-hybridized carbons (Fsp3) is 0.150. The second-order valence-electron chi connectivity index (χ2n) is 5.98. The first-order valence-corrected chi connectivity index (χ1v) is 9.94. The van der Waals surface area contributed by atoms with Crippen molar-refractivity contribution in [3.63, 3.8) is 0 Å². The van der Waals surface area contributed by atoms with Crippen LogP contribution in [0.25, 0.3) is 22.4 Å². The van der Waals surface area contributed by atoms with E-state index in [-0.39, 0.29) is 0 Å². The van der Waals surface area contributed by atoms with Crippen molar-refractivity contribution in [2.45, 2.75) is 11.4 Å². The molecule has 2 aromatic carbocycles. The summed E-state index contributed by atoms with van der Waals surface area (Å²) in [7, 11) is 1.66. The molecule has 2 heterocycles. The largest absolute Gasteiger partial charge is 0.497 e. The predicted octanol–water partition coefficient (Wildman–Crippen LogP) is 4.93. The fourth-order valence-electron chi connectivity index (χ4n) is 2.81. The molecule has 0 spiro atoms. The SMILES string of the molecule is COc1ccc(Cn2cc3nc(-c4cccc(SC)c4)nc(Cl)c3n2)cc1. The van der Waals surface area contributed by atoms with E-state index in [2.05, 4.69) is 27.2 Å². The molecule has 0 aliphatic heterocycles. The molecule has 4 rings (SSSR count). The molecule has 0 aliphatic carbocycles. The third-order valence-corrected chi connectivity index (χ3v) is 5.19. The highest BCUT2D eigenvalue weighted by atomic mass is 35.5. The summed E-state index contributed by atoms with van der Waals surface area (Å²) in [6.07, 6.45) is 3.94. The summed E-state index contributed by atoms with van der Waals surface area (Å²) in [5.41, 5.74) is 3.39. The van der Waals surface area contributed by atoms with Crippen molar-refractivity contribution in [2.75, 3.05) is 13.4 Å². The van der Waals surface area contributed by atoms with Gasteiger partial charge in [-0.2, -0.15) is 5.10 Å². The summed E-state index contributed by atoms with van der Waals surface area (Å²) < 4.78 is 7.02. The summed E-state index contributed by atoms with van der Waals surface area (Å²) in [5, 5.41) is 4.90. The van der Waals surface area contributed by atoms with Crippen LogP contribution in [-0.2, 0) is 6.54 Å². The molecule has 27 heavy (non-hydrogen) atoms. The Balaban J connectivity index is 1.68. The van der Waals surface area contributed by atoms with Crippen molar-refractivity contribution in [1.82, 2.24) is 19.7 Å². The Morgan fingerprint density at radius 3 is 2.67 bits per heavy atom. The van der Waals surface area contributed by atoms with Crippen molar-refractivity contribution in [3.05, 3.63) is 65.4 Å². The van der Waals surface area contributed by atoms with Crippen molar-refractivity contribution in [2.24, 2.45) is 0 Å². The molecule has 0 radical (unpaired) electrons. The predicted molar refractivity (Wildman–Crippen MR) is 110 cm³/mol. The molecule has 0 amide bonds. The second kappa shape index (κ2) is 7.58. The number of nitrogens with zero attached hydrogens (tertiary/aromatic N) is 4. The first kappa shape index (κ1) is 17.8. The fourth-order valence-corrected chi connectivity index (χ4v) is 3.49. The molecular weight excluding hydrogens is 380 g/mol. The van der Waals surface area contributed by atoms with Crippen LogP contribution >= 0.6 is 23.4 Å². The number of thioether (sulfide) groups is 1. The van der Waals surface area contributed by atoms with Crippen LogP contribution in [0.2, 0.25) is 5.15 Å². The Morgan fingerprint density at radius 2 is 1.93 bits per heavy atom. The van der Waals surface area contributed by atoms with E-state index in [9.17, 15) is 0 Å². The maximum Gasteiger partial charge on any atom is 0.161 e. The Hall–Kier alpha value is -2.57. The van der Waals surface area contributed by atoms with Gasteiger partial charge in [-0.25, -0.2) is 9.97 Å². The zero-order valence-electron chi connectivity index (χ0n) is 14.9. The molecular formula is C20H17ClN4OS. The molecule has 0 saturated carbocycles. The topological polar surface area (TPSA) is 52.8 Å². The number of benzene rings is 2. The van der Waals surface area contributed by atoms with E-state index in [1.807, 2.05) is 53.5 Å². The smallest absolute Gasteiger partial charge is 0.161 e. The minimum atomic E-state index is 0.359. The van der Waals surface area contributed by atoms with E-state index in [1.165, 1.54) is 0 Å². The van der Waals surface area contributed by atoms with Crippen LogP contribution in [0, 0.1) is 0 Å². The van der Waals surface area contributed by atoms with E-state index in [0.717, 1.165) is 27.3 Å². The Labute approximate surface area is 166 Å². The minimum absolute atomic E-state index is 0.359. The maximum atomic E-state index is 6.39. The Kier molecular flexibility index (Phi) is 5.01. The number of hydrogen-bond donors (Lipinski definition) is 0. The van der Waals surface area contributed by atoms with Gasteiger partial charge in [0.05, 0.1) is 19.9 Å². The number of halogens is 1. The van der Waals surface area contributed by atoms with Crippen LogP contribution in [-0.4, -0.2) is 33.1 Å². The molecule has 136 valence electrons. The van der Waals surface area contributed by atoms with Crippen LogP contribution in [0.5, 0.6) is 5.75 Å². The maximum absolute atomic E-state index is 6.39. The van der Waals surface area contributed by atoms with Gasteiger partial charge in [-0.05, 0) is 36.1 Å². The molecule has 0 atom stereocenters. The van der Waals surface area contributed by atoms with Crippen LogP contribution < -0.4 is 4.74 Å². The monoisotopic (exact) mass is 396 g/mol. The van der Waals surface area contributed by atoms with Gasteiger partial charge < -0.3 is 4.74 Å². The first-order chi connectivity index (χ1) is 13.2. The van der Waals surface area contributed by atoms with Gasteiger partial charge in [0.15, 0.2) is 11.0 Å². The van der Waals surface area contributed by atoms with Gasteiger partial charge in [-0.1, -0.05) is 35.9 Å². The lowest BCUT2D eigenvalue weighted by Crippen LogP contribution is -1.99. The molecule has 0 saturated heterocycles. The molecule has 7 heteroatoms. The van der Waals surface area contributed by atoms with E-state index in [1.54, 1.807) is 18.9 Å². The Morgan fingerprint density at radius 1 is 1.11 bits per heavy atom. The summed E-state index contributed by atoms with van der Waals surface area (Å²) in [4.78, 5) is 10.3. The lowest BCUT2D eigenvalue weighted by molar-refractivity contribution is 0.414. The average Bonchev–Trinajstić information content (AvgIpc) is 3.11. The third-order valence-electron chi connectivity index (χ3n) is 4.20. The normalized spacial score (nSPS) is 11.1. The van der Waals surface area contributed by atoms with Gasteiger partial charge in [0, 0.05) is 10.5 Å². The van der Waals surface area contributed by atoms with Gasteiger partial charge in [0.1, 0.15) is 16.8 Å². The van der Waals surface area contributed by atoms with E-state index in [4.69, 9.17) is 16.3 Å². The number of aromatic nitrogens is 4. The molecule has 0 N–H and O–H groups in total. The van der Waals surface area contributed by atoms with E-state index >= 15 is 0 Å². The van der Waals surface area contributed by atoms with Gasteiger partial charge in [-0.15, -0.1) is 11.8 Å². The summed E-state index contributed by atoms with van der Waals surface area (Å²) >= 11 is 8.07. The third kappa shape index (κ3) is 3.77. The highest BCUT2D eigenvalue weighted by Gasteiger charge is 2.12. The average molecular weight is 397 g/mol. The van der Waals surface area contributed by atoms with Gasteiger partial charge in [0.25, 0.3) is 0 Å². The van der Waals surface area contributed by atoms with Gasteiger partial charge in [-0.3, -0.25) is 4.68 Å². The molecule has 0 bridgehead atoms. The summed E-state index contributed by atoms with van der Waals surface area (Å²) in [6.45, 7) is 0.619. The lowest BCUT2D eigenvalue weighted by atomic mass is 10.2. The molecule has 2 aromatic heterocycles. The first-order valence-electron chi connectivity index (χ1n) is 8.34. The Bertz CT molecular complexity index is 1100. The number of fused-ring (bicyclic) bond motifs is 1. The van der Waals surface area contributed by atoms with Crippen LogP contribution in [0.1, 0.15) is 5.56 Å². The van der Waals surface area contributed by atoms with Gasteiger partial charge >= 0.3 is 0 Å². The minimum Gasteiger partial charge on any atom is -0.497 e. The molecule has 0 aliphatic rings. The highest BCUT2D eigenvalue weighted by Crippen LogP contribution is 2.26. The number of methoxy groups -OCH3 is 1. The van der Waals surface area contributed by atoms with E-state index in [0.29, 0.717) is 23.0 Å². The summed E-state index contributed by atoms with van der Waals surface area (Å²) in [5.74, 6) is 1.43. The lowest BCUT2D eigenvalue weighted by Gasteiger charge is -2.03. The van der Waals surface area contributed by atoms with Crippen LogP contribution in [0.3, 0.4) is 0 Å². The molecule has 0 unspecified atom stereocenters. The highest BCUT2D eigenvalue weighted by molar-refractivity contribution is 7.98. The number of ether oxygens (including phenoxy) is 1. The van der Waals surface area contributed by atoms with Crippen LogP contribution in [0.15, 0.2) is 59.6 Å². The van der Waals surface area contributed by atoms with Crippen molar-refractivity contribution < 1.29 is 4.74 Å². The van der Waals surface area contributed by atoms with E-state index < -0.39 is 0 Å². The van der Waals surface area contributed by atoms with Crippen LogP contribution in [0.4, 0.5) is 0 Å². The standard InChI is InChI=1S/C20H17ClN4OS/c1-26-15-8-6-13(7-9-15)11-25-12-17-18(24-25)19(21)23-20(22-17)14-4-3-5-16(10-14)27-2/h3-10,12H,11H2,1-2H3. The van der Waals surface area contributed by atoms with Crippen molar-refractivity contribution >= 4 is 34.4 Å². The zero-order chi connectivity index (χ0) is 18.8. The number of rotatable bonds is 5. The number of hydrogen-bond acceptors (Lipinski definition) is 5. The molecule has 5 nitrogen and oxygen atoms in total.